The Morgan fingerprint density at radius 1 is 1.28 bits per heavy atom. The number of alkyl halides is 2. The van der Waals surface area contributed by atoms with E-state index < -0.39 is 15.7 Å². The topological polar surface area (TPSA) is 67.9 Å². The smallest absolute Gasteiger partial charge is 0.340 e. The van der Waals surface area contributed by atoms with Crippen LogP contribution in [-0.4, -0.2) is 49.6 Å². The number of methoxy groups -OCH3 is 1. The SMILES string of the molecule is COC(=O)c1cc(N2CCOCC2)ccc1NC(=O)C1(C)CC1(Cl)Cl. The minimum atomic E-state index is -1.07. The van der Waals surface area contributed by atoms with Gasteiger partial charge in [0.1, 0.15) is 4.33 Å². The van der Waals surface area contributed by atoms with E-state index in [4.69, 9.17) is 32.7 Å². The summed E-state index contributed by atoms with van der Waals surface area (Å²) >= 11 is 12.1. The number of amides is 1. The first-order valence-electron chi connectivity index (χ1n) is 8.03. The van der Waals surface area contributed by atoms with Crippen LogP contribution in [0.15, 0.2) is 18.2 Å². The maximum atomic E-state index is 12.5. The molecule has 6 nitrogen and oxygen atoms in total. The molecule has 1 saturated carbocycles. The Hall–Kier alpha value is -1.50. The van der Waals surface area contributed by atoms with Crippen LogP contribution >= 0.6 is 23.2 Å². The van der Waals surface area contributed by atoms with E-state index in [0.29, 0.717) is 30.9 Å². The highest BCUT2D eigenvalue weighted by atomic mass is 35.5. The number of nitrogens with zero attached hydrogens (tertiary/aromatic N) is 1. The van der Waals surface area contributed by atoms with Crippen molar-refractivity contribution in [2.45, 2.75) is 17.7 Å². The molecule has 2 aliphatic rings. The average Bonchev–Trinajstić information content (AvgIpc) is 3.14. The molecule has 1 heterocycles. The van der Waals surface area contributed by atoms with Gasteiger partial charge in [-0.05, 0) is 31.5 Å². The molecule has 1 saturated heterocycles. The number of benzene rings is 1. The molecule has 25 heavy (non-hydrogen) atoms. The van der Waals surface area contributed by atoms with Gasteiger partial charge in [-0.3, -0.25) is 4.79 Å². The molecule has 1 aromatic rings. The number of halogens is 2. The lowest BCUT2D eigenvalue weighted by atomic mass is 10.1. The van der Waals surface area contributed by atoms with Gasteiger partial charge < -0.3 is 19.7 Å². The van der Waals surface area contributed by atoms with Gasteiger partial charge >= 0.3 is 5.97 Å². The van der Waals surface area contributed by atoms with Gasteiger partial charge in [-0.2, -0.15) is 0 Å². The number of rotatable bonds is 4. The molecule has 8 heteroatoms. The van der Waals surface area contributed by atoms with E-state index in [-0.39, 0.29) is 5.91 Å². The number of carbonyl (C=O) groups is 2. The zero-order valence-electron chi connectivity index (χ0n) is 14.1. The Labute approximate surface area is 156 Å². The third-order valence-electron chi connectivity index (χ3n) is 4.79. The largest absolute Gasteiger partial charge is 0.465 e. The fraction of sp³-hybridized carbons (Fsp3) is 0.529. The summed E-state index contributed by atoms with van der Waals surface area (Å²) in [6, 6.07) is 5.28. The second kappa shape index (κ2) is 6.67. The molecule has 136 valence electrons. The van der Waals surface area contributed by atoms with Gasteiger partial charge in [0.2, 0.25) is 5.91 Å². The highest BCUT2D eigenvalue weighted by Crippen LogP contribution is 2.64. The maximum absolute atomic E-state index is 12.5. The molecule has 2 fully saturated rings. The van der Waals surface area contributed by atoms with Crippen molar-refractivity contribution >= 4 is 46.5 Å². The quantitative estimate of drug-likeness (QED) is 0.636. The van der Waals surface area contributed by atoms with Gasteiger partial charge in [-0.25, -0.2) is 4.79 Å². The van der Waals surface area contributed by atoms with E-state index in [1.807, 2.05) is 6.07 Å². The second-order valence-corrected chi connectivity index (χ2v) is 7.97. The van der Waals surface area contributed by atoms with Crippen molar-refractivity contribution in [1.82, 2.24) is 0 Å². The fourth-order valence-electron chi connectivity index (χ4n) is 2.84. The fourth-order valence-corrected chi connectivity index (χ4v) is 3.55. The highest BCUT2D eigenvalue weighted by Gasteiger charge is 2.67. The molecule has 1 atom stereocenters. The molecule has 1 unspecified atom stereocenters. The molecule has 1 amide bonds. The zero-order chi connectivity index (χ0) is 18.2. The van der Waals surface area contributed by atoms with Crippen LogP contribution in [0.3, 0.4) is 0 Å². The summed E-state index contributed by atoms with van der Waals surface area (Å²) in [6.07, 6.45) is 0.369. The third kappa shape index (κ3) is 3.43. The molecule has 0 radical (unpaired) electrons. The van der Waals surface area contributed by atoms with Gasteiger partial charge in [0.15, 0.2) is 0 Å². The van der Waals surface area contributed by atoms with Crippen molar-refractivity contribution in [1.29, 1.82) is 0 Å². The molecule has 1 aliphatic carbocycles. The summed E-state index contributed by atoms with van der Waals surface area (Å²) in [7, 11) is 1.31. The van der Waals surface area contributed by atoms with Crippen molar-refractivity contribution in [3.05, 3.63) is 23.8 Å². The van der Waals surface area contributed by atoms with Crippen LogP contribution in [-0.2, 0) is 14.3 Å². The molecule has 0 spiro atoms. The third-order valence-corrected chi connectivity index (χ3v) is 5.89. The van der Waals surface area contributed by atoms with Crippen molar-refractivity contribution in [2.75, 3.05) is 43.6 Å². The summed E-state index contributed by atoms with van der Waals surface area (Å²) in [4.78, 5) is 26.8. The minimum absolute atomic E-state index is 0.291. The van der Waals surface area contributed by atoms with Crippen LogP contribution in [0.25, 0.3) is 0 Å². The number of anilines is 2. The number of carbonyl (C=O) groups excluding carboxylic acids is 2. The Kier molecular flexibility index (Phi) is 4.88. The highest BCUT2D eigenvalue weighted by molar-refractivity contribution is 6.53. The minimum Gasteiger partial charge on any atom is -0.465 e. The van der Waals surface area contributed by atoms with Gasteiger partial charge in [-0.1, -0.05) is 0 Å². The van der Waals surface area contributed by atoms with Gasteiger partial charge in [0.25, 0.3) is 0 Å². The molecule has 1 N–H and O–H groups in total. The Morgan fingerprint density at radius 3 is 2.48 bits per heavy atom. The predicted octanol–water partition coefficient (Wildman–Crippen LogP) is 2.83. The van der Waals surface area contributed by atoms with Crippen LogP contribution in [0.5, 0.6) is 0 Å². The summed E-state index contributed by atoms with van der Waals surface area (Å²) in [5.41, 5.74) is 0.681. The van der Waals surface area contributed by atoms with Gasteiger partial charge in [-0.15, -0.1) is 23.2 Å². The lowest BCUT2D eigenvalue weighted by Gasteiger charge is -2.29. The van der Waals surface area contributed by atoms with Crippen molar-refractivity contribution in [3.8, 4) is 0 Å². The molecule has 0 bridgehead atoms. The van der Waals surface area contributed by atoms with Crippen molar-refractivity contribution in [2.24, 2.45) is 5.41 Å². The number of ether oxygens (including phenoxy) is 2. The Morgan fingerprint density at radius 2 is 1.92 bits per heavy atom. The molecule has 0 aromatic heterocycles. The number of hydrogen-bond donors (Lipinski definition) is 1. The lowest BCUT2D eigenvalue weighted by Crippen LogP contribution is -2.36. The van der Waals surface area contributed by atoms with Crippen molar-refractivity contribution in [3.63, 3.8) is 0 Å². The average molecular weight is 387 g/mol. The van der Waals surface area contributed by atoms with Gasteiger partial charge in [0.05, 0.1) is 37.0 Å². The molecular formula is C17H20Cl2N2O4. The van der Waals surface area contributed by atoms with E-state index in [1.165, 1.54) is 7.11 Å². The first-order chi connectivity index (χ1) is 11.8. The van der Waals surface area contributed by atoms with E-state index >= 15 is 0 Å². The first kappa shape index (κ1) is 18.3. The van der Waals surface area contributed by atoms with E-state index in [9.17, 15) is 9.59 Å². The maximum Gasteiger partial charge on any atom is 0.340 e. The monoisotopic (exact) mass is 386 g/mol. The first-order valence-corrected chi connectivity index (χ1v) is 8.78. The molecule has 1 aliphatic heterocycles. The Balaban J connectivity index is 1.85. The predicted molar refractivity (Wildman–Crippen MR) is 96.6 cm³/mol. The van der Waals surface area contributed by atoms with E-state index in [2.05, 4.69) is 10.2 Å². The number of esters is 1. The summed E-state index contributed by atoms with van der Waals surface area (Å²) in [6.45, 7) is 4.45. The second-order valence-electron chi connectivity index (χ2n) is 6.49. The van der Waals surface area contributed by atoms with Crippen LogP contribution in [0.2, 0.25) is 0 Å². The van der Waals surface area contributed by atoms with Crippen LogP contribution in [0.4, 0.5) is 11.4 Å². The van der Waals surface area contributed by atoms with E-state index in [1.54, 1.807) is 19.1 Å². The summed E-state index contributed by atoms with van der Waals surface area (Å²) in [5, 5.41) is 2.76. The summed E-state index contributed by atoms with van der Waals surface area (Å²) < 4.78 is 9.13. The molecular weight excluding hydrogens is 367 g/mol. The number of nitrogens with one attached hydrogen (secondary N) is 1. The summed E-state index contributed by atoms with van der Waals surface area (Å²) in [5.74, 6) is -0.837. The van der Waals surface area contributed by atoms with Crippen LogP contribution < -0.4 is 10.2 Å². The van der Waals surface area contributed by atoms with Crippen molar-refractivity contribution < 1.29 is 19.1 Å². The molecule has 1 aromatic carbocycles. The number of hydrogen-bond acceptors (Lipinski definition) is 5. The normalized spacial score (nSPS) is 24.6. The standard InChI is InChI=1S/C17H20Cl2N2O4/c1-16(10-17(16,18)19)15(23)20-13-4-3-11(9-12(13)14(22)24-2)21-5-7-25-8-6-21/h3-4,9H,5-8,10H2,1-2H3,(H,20,23). The molecule has 3 rings (SSSR count). The Bertz CT molecular complexity index is 704. The van der Waals surface area contributed by atoms with E-state index in [0.717, 1.165) is 18.8 Å². The zero-order valence-corrected chi connectivity index (χ0v) is 15.6. The lowest BCUT2D eigenvalue weighted by molar-refractivity contribution is -0.120. The van der Waals surface area contributed by atoms with Crippen LogP contribution in [0, 0.1) is 5.41 Å². The van der Waals surface area contributed by atoms with Crippen LogP contribution in [0.1, 0.15) is 23.7 Å². The number of morpholine rings is 1. The van der Waals surface area contributed by atoms with Gasteiger partial charge in [0, 0.05) is 18.8 Å².